The van der Waals surface area contributed by atoms with Crippen molar-refractivity contribution in [3.05, 3.63) is 35.0 Å². The molecule has 23 heavy (non-hydrogen) atoms. The molecule has 2 aliphatic rings. The number of carbonyl (C=O) groups is 1. The van der Waals surface area contributed by atoms with Gasteiger partial charge >= 0.3 is 0 Å². The Hall–Kier alpha value is -1.99. The van der Waals surface area contributed by atoms with E-state index in [9.17, 15) is 4.79 Å². The summed E-state index contributed by atoms with van der Waals surface area (Å²) in [7, 11) is 0. The van der Waals surface area contributed by atoms with Crippen LogP contribution in [0.5, 0.6) is 0 Å². The normalized spacial score (nSPS) is 17.8. The Balaban J connectivity index is 1.36. The fraction of sp³-hybridized carbons (Fsp3) is 0.467. The molecule has 2 aromatic rings. The SMILES string of the molecule is O=C(CN1CCn2c(nnc2C2CC2)C1)Nc1ccc(Cl)cn1. The second-order valence-electron chi connectivity index (χ2n) is 6.02. The predicted octanol–water partition coefficient (Wildman–Crippen LogP) is 1.66. The number of fused-ring (bicyclic) bond motifs is 1. The van der Waals surface area contributed by atoms with Crippen LogP contribution in [0, 0.1) is 0 Å². The van der Waals surface area contributed by atoms with Crippen LogP contribution >= 0.6 is 11.6 Å². The van der Waals surface area contributed by atoms with Gasteiger partial charge in [-0.2, -0.15) is 0 Å². The highest BCUT2D eigenvalue weighted by Crippen LogP contribution is 2.39. The number of nitrogens with zero attached hydrogens (tertiary/aromatic N) is 5. The molecular formula is C15H17ClN6O. The fourth-order valence-corrected chi connectivity index (χ4v) is 2.96. The van der Waals surface area contributed by atoms with Gasteiger partial charge in [0.2, 0.25) is 5.91 Å². The van der Waals surface area contributed by atoms with Gasteiger partial charge < -0.3 is 9.88 Å². The fourth-order valence-electron chi connectivity index (χ4n) is 2.84. The minimum atomic E-state index is -0.0878. The third-order valence-corrected chi connectivity index (χ3v) is 4.39. The zero-order valence-electron chi connectivity index (χ0n) is 12.6. The Morgan fingerprint density at radius 1 is 1.30 bits per heavy atom. The molecule has 0 aromatic carbocycles. The summed E-state index contributed by atoms with van der Waals surface area (Å²) >= 11 is 5.78. The summed E-state index contributed by atoms with van der Waals surface area (Å²) in [6.45, 7) is 2.64. The molecule has 1 aliphatic carbocycles. The van der Waals surface area contributed by atoms with Crippen molar-refractivity contribution in [1.82, 2.24) is 24.6 Å². The van der Waals surface area contributed by atoms with Crippen molar-refractivity contribution in [2.75, 3.05) is 18.4 Å². The summed E-state index contributed by atoms with van der Waals surface area (Å²) in [5, 5.41) is 11.9. The van der Waals surface area contributed by atoms with Crippen LogP contribution in [0.15, 0.2) is 18.3 Å². The molecule has 1 saturated carbocycles. The van der Waals surface area contributed by atoms with Crippen LogP contribution in [0.3, 0.4) is 0 Å². The topological polar surface area (TPSA) is 75.9 Å². The van der Waals surface area contributed by atoms with E-state index in [-0.39, 0.29) is 5.91 Å². The van der Waals surface area contributed by atoms with Gasteiger partial charge in [0.15, 0.2) is 0 Å². The first kappa shape index (κ1) is 14.6. The van der Waals surface area contributed by atoms with Crippen LogP contribution in [0.25, 0.3) is 0 Å². The maximum atomic E-state index is 12.1. The number of nitrogens with one attached hydrogen (secondary N) is 1. The Morgan fingerprint density at radius 3 is 2.91 bits per heavy atom. The zero-order valence-corrected chi connectivity index (χ0v) is 13.3. The summed E-state index contributed by atoms with van der Waals surface area (Å²) < 4.78 is 2.22. The van der Waals surface area contributed by atoms with E-state index in [0.29, 0.717) is 29.8 Å². The smallest absolute Gasteiger partial charge is 0.239 e. The van der Waals surface area contributed by atoms with E-state index in [1.54, 1.807) is 12.1 Å². The number of halogens is 1. The number of aromatic nitrogens is 4. The molecule has 120 valence electrons. The predicted molar refractivity (Wildman–Crippen MR) is 85.2 cm³/mol. The average molecular weight is 333 g/mol. The van der Waals surface area contributed by atoms with Gasteiger partial charge in [-0.25, -0.2) is 4.98 Å². The van der Waals surface area contributed by atoms with E-state index in [2.05, 4.69) is 30.0 Å². The minimum Gasteiger partial charge on any atom is -0.312 e. The second kappa shape index (κ2) is 5.90. The Kier molecular flexibility index (Phi) is 3.74. The first-order valence-electron chi connectivity index (χ1n) is 7.75. The molecule has 0 saturated heterocycles. The first-order chi connectivity index (χ1) is 11.2. The van der Waals surface area contributed by atoms with Crippen LogP contribution in [0.2, 0.25) is 5.02 Å². The molecule has 0 atom stereocenters. The van der Waals surface area contributed by atoms with Crippen molar-refractivity contribution in [2.45, 2.75) is 31.8 Å². The maximum Gasteiger partial charge on any atom is 0.239 e. The molecule has 8 heteroatoms. The lowest BCUT2D eigenvalue weighted by Gasteiger charge is -2.27. The number of anilines is 1. The molecule has 7 nitrogen and oxygen atoms in total. The molecule has 3 heterocycles. The lowest BCUT2D eigenvalue weighted by molar-refractivity contribution is -0.117. The molecule has 0 spiro atoms. The molecule has 0 bridgehead atoms. The third kappa shape index (κ3) is 3.20. The van der Waals surface area contributed by atoms with Crippen LogP contribution in [-0.4, -0.2) is 43.6 Å². The van der Waals surface area contributed by atoms with Gasteiger partial charge in [0.1, 0.15) is 17.5 Å². The summed E-state index contributed by atoms with van der Waals surface area (Å²) in [6, 6.07) is 3.39. The molecule has 1 fully saturated rings. The van der Waals surface area contributed by atoms with Crippen molar-refractivity contribution >= 4 is 23.3 Å². The summed E-state index contributed by atoms with van der Waals surface area (Å²) in [4.78, 5) is 18.3. The number of hydrogen-bond donors (Lipinski definition) is 1. The van der Waals surface area contributed by atoms with E-state index in [0.717, 1.165) is 24.7 Å². The van der Waals surface area contributed by atoms with E-state index in [4.69, 9.17) is 11.6 Å². The van der Waals surface area contributed by atoms with Gasteiger partial charge in [-0.15, -0.1) is 10.2 Å². The molecule has 0 radical (unpaired) electrons. The highest BCUT2D eigenvalue weighted by Gasteiger charge is 2.32. The summed E-state index contributed by atoms with van der Waals surface area (Å²) in [5.41, 5.74) is 0. The molecule has 1 aliphatic heterocycles. The van der Waals surface area contributed by atoms with Crippen molar-refractivity contribution in [1.29, 1.82) is 0 Å². The highest BCUT2D eigenvalue weighted by atomic mass is 35.5. The molecule has 4 rings (SSSR count). The quantitative estimate of drug-likeness (QED) is 0.921. The van der Waals surface area contributed by atoms with Crippen LogP contribution < -0.4 is 5.32 Å². The van der Waals surface area contributed by atoms with Crippen molar-refractivity contribution in [3.8, 4) is 0 Å². The van der Waals surface area contributed by atoms with Gasteiger partial charge in [-0.1, -0.05) is 11.6 Å². The number of pyridine rings is 1. The second-order valence-corrected chi connectivity index (χ2v) is 6.46. The first-order valence-corrected chi connectivity index (χ1v) is 8.12. The number of amides is 1. The monoisotopic (exact) mass is 332 g/mol. The lowest BCUT2D eigenvalue weighted by Crippen LogP contribution is -2.39. The average Bonchev–Trinajstić information content (AvgIpc) is 3.29. The molecule has 1 N–H and O–H groups in total. The maximum absolute atomic E-state index is 12.1. The van der Waals surface area contributed by atoms with Gasteiger partial charge in [-0.05, 0) is 25.0 Å². The van der Waals surface area contributed by atoms with Crippen LogP contribution in [0.1, 0.15) is 30.4 Å². The van der Waals surface area contributed by atoms with E-state index in [1.807, 2.05) is 0 Å². The Bertz CT molecular complexity index is 724. The van der Waals surface area contributed by atoms with Crippen molar-refractivity contribution in [2.24, 2.45) is 0 Å². The molecule has 1 amide bonds. The third-order valence-electron chi connectivity index (χ3n) is 4.17. The Labute approximate surface area is 138 Å². The van der Waals surface area contributed by atoms with Gasteiger partial charge in [0.05, 0.1) is 18.1 Å². The molecule has 2 aromatic heterocycles. The van der Waals surface area contributed by atoms with Crippen LogP contribution in [0.4, 0.5) is 5.82 Å². The number of carbonyl (C=O) groups excluding carboxylic acids is 1. The van der Waals surface area contributed by atoms with Crippen LogP contribution in [-0.2, 0) is 17.9 Å². The zero-order chi connectivity index (χ0) is 15.8. The summed E-state index contributed by atoms with van der Waals surface area (Å²) in [6.07, 6.45) is 3.95. The largest absolute Gasteiger partial charge is 0.312 e. The number of rotatable bonds is 4. The number of hydrogen-bond acceptors (Lipinski definition) is 5. The van der Waals surface area contributed by atoms with E-state index in [1.165, 1.54) is 19.0 Å². The minimum absolute atomic E-state index is 0.0878. The molecule has 0 unspecified atom stereocenters. The molecular weight excluding hydrogens is 316 g/mol. The van der Waals surface area contributed by atoms with Gasteiger partial charge in [0, 0.05) is 25.2 Å². The van der Waals surface area contributed by atoms with Gasteiger partial charge in [0.25, 0.3) is 0 Å². The van der Waals surface area contributed by atoms with Gasteiger partial charge in [-0.3, -0.25) is 9.69 Å². The lowest BCUT2D eigenvalue weighted by atomic mass is 10.3. The van der Waals surface area contributed by atoms with Crippen molar-refractivity contribution < 1.29 is 4.79 Å². The van der Waals surface area contributed by atoms with E-state index < -0.39 is 0 Å². The standard InChI is InChI=1S/C15H17ClN6O/c16-11-3-4-12(17-7-11)18-14(23)9-21-5-6-22-13(8-21)19-20-15(22)10-1-2-10/h3-4,7,10H,1-2,5-6,8-9H2,(H,17,18,23). The van der Waals surface area contributed by atoms with E-state index >= 15 is 0 Å². The Morgan fingerprint density at radius 2 is 2.17 bits per heavy atom. The van der Waals surface area contributed by atoms with Crippen molar-refractivity contribution in [3.63, 3.8) is 0 Å². The summed E-state index contributed by atoms with van der Waals surface area (Å²) in [5.74, 6) is 3.10. The highest BCUT2D eigenvalue weighted by molar-refractivity contribution is 6.30.